The Morgan fingerprint density at radius 2 is 1.93 bits per heavy atom. The summed E-state index contributed by atoms with van der Waals surface area (Å²) in [4.78, 5) is 0. The second-order valence-corrected chi connectivity index (χ2v) is 8.36. The largest absolute Gasteiger partial charge is 0.436 e. The number of anilines is 1. The van der Waals surface area contributed by atoms with Crippen LogP contribution in [0.2, 0.25) is 5.02 Å². The minimum absolute atomic E-state index is 0.0806. The minimum Gasteiger partial charge on any atom is -0.362 e. The summed E-state index contributed by atoms with van der Waals surface area (Å²) < 4.78 is 40.8. The van der Waals surface area contributed by atoms with E-state index >= 15 is 0 Å². The molecule has 4 nitrogen and oxygen atoms in total. The van der Waals surface area contributed by atoms with Crippen LogP contribution in [0, 0.1) is 0 Å². The zero-order chi connectivity index (χ0) is 21.7. The Kier molecular flexibility index (Phi) is 7.63. The third-order valence-corrected chi connectivity index (χ3v) is 5.65. The van der Waals surface area contributed by atoms with Crippen LogP contribution in [-0.2, 0) is 19.1 Å². The molecule has 0 saturated heterocycles. The standard InChI is InChI=1S/C21H26ClF3N4S/c1-2-3-5-14-6-10-16(11-7-14)27-20(30)26-12-4-13-29-18(15-8-9-15)17(22)19(28-29)21(23,24)25/h6-7,10-11,15H,2-5,8-9,12-13H2,1H3,(H2,26,27,30). The average molecular weight is 459 g/mol. The van der Waals surface area contributed by atoms with Gasteiger partial charge in [-0.2, -0.15) is 18.3 Å². The molecule has 0 atom stereocenters. The van der Waals surface area contributed by atoms with E-state index < -0.39 is 11.9 Å². The number of nitrogens with one attached hydrogen (secondary N) is 2. The zero-order valence-corrected chi connectivity index (χ0v) is 18.4. The second kappa shape index (κ2) is 10.0. The van der Waals surface area contributed by atoms with Gasteiger partial charge >= 0.3 is 6.18 Å². The van der Waals surface area contributed by atoms with Gasteiger partial charge in [0.2, 0.25) is 0 Å². The number of thiocarbonyl (C=S) groups is 1. The van der Waals surface area contributed by atoms with Gasteiger partial charge in [-0.1, -0.05) is 37.1 Å². The summed E-state index contributed by atoms with van der Waals surface area (Å²) >= 11 is 11.3. The lowest BCUT2D eigenvalue weighted by molar-refractivity contribution is -0.141. The Labute approximate surface area is 185 Å². The van der Waals surface area contributed by atoms with Crippen molar-refractivity contribution >= 4 is 34.6 Å². The smallest absolute Gasteiger partial charge is 0.362 e. The molecule has 1 aliphatic carbocycles. The van der Waals surface area contributed by atoms with E-state index in [-0.39, 0.29) is 10.9 Å². The molecule has 30 heavy (non-hydrogen) atoms. The maximum Gasteiger partial charge on any atom is 0.436 e. The molecule has 1 aromatic heterocycles. The first-order valence-electron chi connectivity index (χ1n) is 10.3. The average Bonchev–Trinajstić information content (AvgIpc) is 3.47. The molecule has 1 aliphatic rings. The van der Waals surface area contributed by atoms with Gasteiger partial charge in [-0.05, 0) is 62.0 Å². The van der Waals surface area contributed by atoms with Gasteiger partial charge in [0.1, 0.15) is 0 Å². The van der Waals surface area contributed by atoms with Crippen LogP contribution in [0.1, 0.15) is 61.9 Å². The molecule has 0 bridgehead atoms. The summed E-state index contributed by atoms with van der Waals surface area (Å²) in [7, 11) is 0. The monoisotopic (exact) mass is 458 g/mol. The first-order valence-corrected chi connectivity index (χ1v) is 11.1. The lowest BCUT2D eigenvalue weighted by Gasteiger charge is -2.12. The van der Waals surface area contributed by atoms with Crippen molar-refractivity contribution in [3.8, 4) is 0 Å². The van der Waals surface area contributed by atoms with Crippen LogP contribution in [0.25, 0.3) is 0 Å². The molecule has 1 fully saturated rings. The van der Waals surface area contributed by atoms with Gasteiger partial charge in [0, 0.05) is 24.7 Å². The van der Waals surface area contributed by atoms with Crippen LogP contribution in [0.15, 0.2) is 24.3 Å². The fraction of sp³-hybridized carbons (Fsp3) is 0.524. The first kappa shape index (κ1) is 22.9. The molecule has 0 radical (unpaired) electrons. The van der Waals surface area contributed by atoms with Crippen molar-refractivity contribution in [3.63, 3.8) is 0 Å². The second-order valence-electron chi connectivity index (χ2n) is 7.58. The topological polar surface area (TPSA) is 41.9 Å². The van der Waals surface area contributed by atoms with Crippen molar-refractivity contribution in [2.45, 2.75) is 64.1 Å². The Bertz CT molecular complexity index is 860. The quantitative estimate of drug-likeness (QED) is 0.349. The van der Waals surface area contributed by atoms with Crippen molar-refractivity contribution in [1.82, 2.24) is 15.1 Å². The Morgan fingerprint density at radius 3 is 2.53 bits per heavy atom. The summed E-state index contributed by atoms with van der Waals surface area (Å²) in [6.45, 7) is 3.04. The predicted molar refractivity (Wildman–Crippen MR) is 118 cm³/mol. The van der Waals surface area contributed by atoms with Gasteiger partial charge in [0.25, 0.3) is 0 Å². The molecule has 2 N–H and O–H groups in total. The lowest BCUT2D eigenvalue weighted by atomic mass is 10.1. The Hall–Kier alpha value is -1.80. The SMILES string of the molecule is CCCCc1ccc(NC(=S)NCCCn2nc(C(F)(F)F)c(Cl)c2C2CC2)cc1. The van der Waals surface area contributed by atoms with Gasteiger partial charge in [-0.3, -0.25) is 4.68 Å². The number of halogens is 4. The lowest BCUT2D eigenvalue weighted by Crippen LogP contribution is -2.30. The van der Waals surface area contributed by atoms with E-state index in [4.69, 9.17) is 23.8 Å². The summed E-state index contributed by atoms with van der Waals surface area (Å²) in [6, 6.07) is 8.15. The molecule has 1 saturated carbocycles. The number of hydrogen-bond donors (Lipinski definition) is 2. The summed E-state index contributed by atoms with van der Waals surface area (Å²) in [5.74, 6) is 0.0806. The highest BCUT2D eigenvalue weighted by Gasteiger charge is 2.41. The van der Waals surface area contributed by atoms with Gasteiger partial charge in [-0.25, -0.2) is 0 Å². The highest BCUT2D eigenvalue weighted by atomic mass is 35.5. The zero-order valence-electron chi connectivity index (χ0n) is 16.9. The Morgan fingerprint density at radius 1 is 1.23 bits per heavy atom. The molecule has 0 amide bonds. The summed E-state index contributed by atoms with van der Waals surface area (Å²) in [5, 5.41) is 10.2. The first-order chi connectivity index (χ1) is 14.3. The van der Waals surface area contributed by atoms with Crippen LogP contribution in [0.5, 0.6) is 0 Å². The molecule has 0 unspecified atom stereocenters. The molecule has 2 aromatic rings. The number of rotatable bonds is 9. The summed E-state index contributed by atoms with van der Waals surface area (Å²) in [5.41, 5.74) is 1.72. The molecular formula is C21H26ClF3N4S. The number of hydrogen-bond acceptors (Lipinski definition) is 2. The van der Waals surface area contributed by atoms with Crippen LogP contribution < -0.4 is 10.6 Å². The van der Waals surface area contributed by atoms with Gasteiger partial charge in [-0.15, -0.1) is 0 Å². The van der Waals surface area contributed by atoms with Crippen LogP contribution >= 0.6 is 23.8 Å². The number of benzene rings is 1. The van der Waals surface area contributed by atoms with E-state index in [2.05, 4.69) is 34.8 Å². The number of nitrogens with zero attached hydrogens (tertiary/aromatic N) is 2. The number of unbranched alkanes of at least 4 members (excludes halogenated alkanes) is 1. The minimum atomic E-state index is -4.54. The van der Waals surface area contributed by atoms with E-state index in [1.807, 2.05) is 12.1 Å². The molecule has 9 heteroatoms. The van der Waals surface area contributed by atoms with Gasteiger partial charge < -0.3 is 10.6 Å². The van der Waals surface area contributed by atoms with Gasteiger partial charge in [0.05, 0.1) is 10.7 Å². The maximum absolute atomic E-state index is 13.1. The third kappa shape index (κ3) is 6.11. The fourth-order valence-corrected chi connectivity index (χ4v) is 3.91. The Balaban J connectivity index is 1.47. The van der Waals surface area contributed by atoms with Crippen molar-refractivity contribution < 1.29 is 13.2 Å². The highest BCUT2D eigenvalue weighted by Crippen LogP contribution is 2.46. The molecule has 1 heterocycles. The normalized spacial score (nSPS) is 14.0. The van der Waals surface area contributed by atoms with Crippen LogP contribution in [-0.4, -0.2) is 21.4 Å². The molecule has 3 rings (SSSR count). The van der Waals surface area contributed by atoms with E-state index in [0.29, 0.717) is 30.3 Å². The van der Waals surface area contributed by atoms with E-state index in [1.54, 1.807) is 0 Å². The van der Waals surface area contributed by atoms with E-state index in [1.165, 1.54) is 23.1 Å². The maximum atomic E-state index is 13.1. The molecule has 0 aliphatic heterocycles. The fourth-order valence-electron chi connectivity index (χ4n) is 3.29. The van der Waals surface area contributed by atoms with Crippen molar-refractivity contribution in [3.05, 3.63) is 46.2 Å². The molecular weight excluding hydrogens is 433 g/mol. The van der Waals surface area contributed by atoms with Crippen molar-refractivity contribution in [2.24, 2.45) is 0 Å². The van der Waals surface area contributed by atoms with E-state index in [9.17, 15) is 13.2 Å². The molecule has 0 spiro atoms. The summed E-state index contributed by atoms with van der Waals surface area (Å²) in [6.07, 6.45) is 1.14. The highest BCUT2D eigenvalue weighted by molar-refractivity contribution is 7.80. The van der Waals surface area contributed by atoms with Gasteiger partial charge in [0.15, 0.2) is 10.8 Å². The predicted octanol–water partition coefficient (Wildman–Crippen LogP) is 6.15. The third-order valence-electron chi connectivity index (χ3n) is 5.03. The van der Waals surface area contributed by atoms with Crippen molar-refractivity contribution in [1.29, 1.82) is 0 Å². The number of aryl methyl sites for hydroxylation is 2. The molecule has 164 valence electrons. The van der Waals surface area contributed by atoms with E-state index in [0.717, 1.165) is 24.9 Å². The number of alkyl halides is 3. The molecule has 1 aromatic carbocycles. The van der Waals surface area contributed by atoms with Crippen LogP contribution in [0.4, 0.5) is 18.9 Å². The van der Waals surface area contributed by atoms with Crippen LogP contribution in [0.3, 0.4) is 0 Å². The number of aromatic nitrogens is 2. The van der Waals surface area contributed by atoms with Crippen molar-refractivity contribution in [2.75, 3.05) is 11.9 Å².